The lowest BCUT2D eigenvalue weighted by molar-refractivity contribution is 0.249. The molecule has 4 N–H and O–H groups in total. The lowest BCUT2D eigenvalue weighted by Gasteiger charge is -2.37. The largest absolute Gasteiger partial charge is 0.505 e. The minimum atomic E-state index is -0.976. The highest BCUT2D eigenvalue weighted by atomic mass is 35.5. The number of benzene rings is 1. The summed E-state index contributed by atoms with van der Waals surface area (Å²) in [6.07, 6.45) is 7.09. The number of amides is 2. The first-order valence-corrected chi connectivity index (χ1v) is 12.1. The van der Waals surface area contributed by atoms with Crippen molar-refractivity contribution in [1.29, 1.82) is 0 Å². The van der Waals surface area contributed by atoms with Gasteiger partial charge in [-0.05, 0) is 45.4 Å². The zero-order chi connectivity index (χ0) is 24.0. The van der Waals surface area contributed by atoms with Crippen molar-refractivity contribution >= 4 is 35.1 Å². The number of phenolic OH excluding ortho intramolecular Hbond substituents is 1. The Labute approximate surface area is 202 Å². The first-order valence-electron chi connectivity index (χ1n) is 11.7. The van der Waals surface area contributed by atoms with Crippen LogP contribution in [0.5, 0.6) is 11.5 Å². The fourth-order valence-electron chi connectivity index (χ4n) is 4.61. The van der Waals surface area contributed by atoms with Crippen LogP contribution < -0.4 is 25.6 Å². The maximum Gasteiger partial charge on any atom is 0.330 e. The minimum Gasteiger partial charge on any atom is -0.505 e. The second-order valence-corrected chi connectivity index (χ2v) is 9.45. The van der Waals surface area contributed by atoms with Crippen molar-refractivity contribution in [2.45, 2.75) is 70.1 Å². The fourth-order valence-corrected chi connectivity index (χ4v) is 4.91. The van der Waals surface area contributed by atoms with Crippen LogP contribution in [0.15, 0.2) is 12.3 Å². The number of nitrogens with one attached hydrogen (secondary N) is 1. The maximum atomic E-state index is 15.1. The molecule has 0 atom stereocenters. The SMILES string of the molecule is CCOc1cc(O)c(F)c(N2Cc3cnc(NC4CCC(N)CC4)nc3N(C3CC3)C2=O)c1Cl. The molecule has 9 nitrogen and oxygen atoms in total. The zero-order valence-electron chi connectivity index (χ0n) is 18.9. The maximum absolute atomic E-state index is 15.1. The van der Waals surface area contributed by atoms with Crippen molar-refractivity contribution in [1.82, 2.24) is 9.97 Å². The van der Waals surface area contributed by atoms with Gasteiger partial charge < -0.3 is 20.9 Å². The number of anilines is 3. The number of hydrogen-bond donors (Lipinski definition) is 3. The van der Waals surface area contributed by atoms with E-state index in [9.17, 15) is 9.90 Å². The van der Waals surface area contributed by atoms with E-state index in [1.54, 1.807) is 18.0 Å². The van der Waals surface area contributed by atoms with Crippen LogP contribution in [0.3, 0.4) is 0 Å². The number of nitrogens with zero attached hydrogens (tertiary/aromatic N) is 4. The van der Waals surface area contributed by atoms with Gasteiger partial charge in [0.25, 0.3) is 0 Å². The topological polar surface area (TPSA) is 117 Å². The van der Waals surface area contributed by atoms with Crippen molar-refractivity contribution in [3.63, 3.8) is 0 Å². The summed E-state index contributed by atoms with van der Waals surface area (Å²) in [5.41, 5.74) is 6.46. The number of rotatable bonds is 6. The molecule has 2 amide bonds. The molecule has 1 aromatic carbocycles. The summed E-state index contributed by atoms with van der Waals surface area (Å²) >= 11 is 6.44. The summed E-state index contributed by atoms with van der Waals surface area (Å²) in [5, 5.41) is 13.4. The molecule has 2 aromatic rings. The van der Waals surface area contributed by atoms with Crippen LogP contribution >= 0.6 is 11.6 Å². The third kappa shape index (κ3) is 4.20. The summed E-state index contributed by atoms with van der Waals surface area (Å²) in [6, 6.07) is 1.11. The van der Waals surface area contributed by atoms with E-state index in [0.717, 1.165) is 44.6 Å². The number of carbonyl (C=O) groups excluding carboxylic acids is 1. The molecular weight excluding hydrogens is 463 g/mol. The molecule has 0 radical (unpaired) electrons. The molecule has 182 valence electrons. The highest BCUT2D eigenvalue weighted by molar-refractivity contribution is 6.35. The first kappa shape index (κ1) is 22.9. The number of aromatic hydroxyl groups is 1. The van der Waals surface area contributed by atoms with Gasteiger partial charge >= 0.3 is 6.03 Å². The molecule has 11 heteroatoms. The number of aromatic nitrogens is 2. The van der Waals surface area contributed by atoms with Crippen molar-refractivity contribution < 1.29 is 19.0 Å². The van der Waals surface area contributed by atoms with Crippen LogP contribution in [-0.4, -0.2) is 45.8 Å². The molecule has 2 saturated carbocycles. The lowest BCUT2D eigenvalue weighted by atomic mass is 9.92. The van der Waals surface area contributed by atoms with Gasteiger partial charge in [0.15, 0.2) is 11.6 Å². The van der Waals surface area contributed by atoms with Crippen LogP contribution in [0.2, 0.25) is 5.02 Å². The molecule has 1 aromatic heterocycles. The van der Waals surface area contributed by atoms with Crippen molar-refractivity contribution in [2.75, 3.05) is 21.7 Å². The van der Waals surface area contributed by atoms with E-state index in [1.807, 2.05) is 0 Å². The van der Waals surface area contributed by atoms with Gasteiger partial charge in [0, 0.05) is 36.0 Å². The van der Waals surface area contributed by atoms with Gasteiger partial charge in [-0.25, -0.2) is 14.2 Å². The number of phenols is 1. The average Bonchev–Trinajstić information content (AvgIpc) is 3.65. The standard InChI is InChI=1S/C23H28ClFN6O3/c1-2-34-17-9-16(32)19(25)20(18(17)24)30-11-12-10-27-22(28-14-5-3-13(26)4-6-14)29-21(12)31(23(30)33)15-7-8-15/h9-10,13-15,32H,2-8,11,26H2,1H3,(H,27,28,29). The molecule has 0 unspecified atom stereocenters. The molecule has 2 fully saturated rings. The Hall–Kier alpha value is -2.85. The molecule has 2 heterocycles. The molecule has 0 bridgehead atoms. The van der Waals surface area contributed by atoms with Crippen LogP contribution in [-0.2, 0) is 6.54 Å². The predicted octanol–water partition coefficient (Wildman–Crippen LogP) is 4.16. The molecule has 0 saturated heterocycles. The van der Waals surface area contributed by atoms with Gasteiger partial charge in [0.05, 0.1) is 13.2 Å². The third-order valence-corrected chi connectivity index (χ3v) is 6.91. The summed E-state index contributed by atoms with van der Waals surface area (Å²) < 4.78 is 20.5. The summed E-state index contributed by atoms with van der Waals surface area (Å²) in [7, 11) is 0. The summed E-state index contributed by atoms with van der Waals surface area (Å²) in [5.74, 6) is -0.516. The Morgan fingerprint density at radius 3 is 2.71 bits per heavy atom. The first-order chi connectivity index (χ1) is 16.4. The Balaban J connectivity index is 1.49. The fraction of sp³-hybridized carbons (Fsp3) is 0.522. The minimum absolute atomic E-state index is 0.0155. The van der Waals surface area contributed by atoms with Gasteiger partial charge in [-0.1, -0.05) is 11.6 Å². The Morgan fingerprint density at radius 1 is 1.29 bits per heavy atom. The monoisotopic (exact) mass is 490 g/mol. The van der Waals surface area contributed by atoms with Crippen LogP contribution in [0.4, 0.5) is 26.6 Å². The van der Waals surface area contributed by atoms with Crippen LogP contribution in [0.25, 0.3) is 0 Å². The average molecular weight is 491 g/mol. The lowest BCUT2D eigenvalue weighted by Crippen LogP contribution is -2.49. The molecule has 3 aliphatic rings. The van der Waals surface area contributed by atoms with Crippen LogP contribution in [0, 0.1) is 5.82 Å². The molecular formula is C23H28ClFN6O3. The Bertz CT molecular complexity index is 1110. The third-order valence-electron chi connectivity index (χ3n) is 6.55. The number of hydrogen-bond acceptors (Lipinski definition) is 7. The predicted molar refractivity (Wildman–Crippen MR) is 127 cm³/mol. The van der Waals surface area contributed by atoms with Gasteiger partial charge in [0.1, 0.15) is 22.3 Å². The van der Waals surface area contributed by atoms with Crippen molar-refractivity contribution in [2.24, 2.45) is 5.73 Å². The number of halogens is 2. The number of urea groups is 1. The molecule has 5 rings (SSSR count). The number of carbonyl (C=O) groups is 1. The second kappa shape index (κ2) is 9.07. The molecule has 34 heavy (non-hydrogen) atoms. The normalized spacial score (nSPS) is 22.5. The van der Waals surface area contributed by atoms with E-state index >= 15 is 4.39 Å². The van der Waals surface area contributed by atoms with E-state index in [1.165, 1.54) is 4.90 Å². The Morgan fingerprint density at radius 2 is 2.03 bits per heavy atom. The number of nitrogens with two attached hydrogens (primary N) is 1. The van der Waals surface area contributed by atoms with E-state index in [-0.39, 0.29) is 47.7 Å². The summed E-state index contributed by atoms with van der Waals surface area (Å²) in [4.78, 5) is 25.6. The molecule has 2 aliphatic carbocycles. The highest BCUT2D eigenvalue weighted by Crippen LogP contribution is 2.45. The quantitative estimate of drug-likeness (QED) is 0.556. The van der Waals surface area contributed by atoms with Crippen molar-refractivity contribution in [3.8, 4) is 11.5 Å². The van der Waals surface area contributed by atoms with Gasteiger partial charge in [-0.15, -0.1) is 0 Å². The van der Waals surface area contributed by atoms with Crippen molar-refractivity contribution in [3.05, 3.63) is 28.7 Å². The second-order valence-electron chi connectivity index (χ2n) is 9.07. The zero-order valence-corrected chi connectivity index (χ0v) is 19.7. The number of fused-ring (bicyclic) bond motifs is 1. The van der Waals surface area contributed by atoms with Gasteiger partial charge in [-0.3, -0.25) is 9.80 Å². The van der Waals surface area contributed by atoms with E-state index < -0.39 is 17.6 Å². The molecule has 0 spiro atoms. The summed E-state index contributed by atoms with van der Waals surface area (Å²) in [6.45, 7) is 2.03. The van der Waals surface area contributed by atoms with E-state index in [2.05, 4.69) is 15.3 Å². The smallest absolute Gasteiger partial charge is 0.330 e. The van der Waals surface area contributed by atoms with E-state index in [4.69, 9.17) is 22.1 Å². The Kier molecular flexibility index (Phi) is 6.11. The molecule has 1 aliphatic heterocycles. The van der Waals surface area contributed by atoms with E-state index in [0.29, 0.717) is 17.3 Å². The van der Waals surface area contributed by atoms with Crippen LogP contribution in [0.1, 0.15) is 51.0 Å². The van der Waals surface area contributed by atoms with Gasteiger partial charge in [-0.2, -0.15) is 4.98 Å². The van der Waals surface area contributed by atoms with Gasteiger partial charge in [0.2, 0.25) is 5.95 Å². The number of ether oxygens (including phenoxy) is 1. The highest BCUT2D eigenvalue weighted by Gasteiger charge is 2.43.